The van der Waals surface area contributed by atoms with Gasteiger partial charge in [0.2, 0.25) is 8.32 Å². The Labute approximate surface area is 115 Å². The molecule has 6 nitrogen and oxygen atoms in total. The molecule has 2 heterocycles. The predicted octanol–water partition coefficient (Wildman–Crippen LogP) is 2.27. The van der Waals surface area contributed by atoms with E-state index in [1.54, 1.807) is 6.21 Å². The standard InChI is InChI=1S/C11H20N4O2Si2/c1-18(2,3)16-10-12-7-9-11(15-10,14-8-13-9)17-19(4,5)6/h7-8H,1-6H3. The van der Waals surface area contributed by atoms with Gasteiger partial charge in [-0.15, -0.1) is 0 Å². The molecule has 0 amide bonds. The SMILES string of the molecule is C[Si](C)(C)OC1=NC2(O[Si](C)(C)C)N=CN=C2C=N1. The normalized spacial score (nSPS) is 26.0. The van der Waals surface area contributed by atoms with Crippen LogP contribution in [0.2, 0.25) is 39.3 Å². The van der Waals surface area contributed by atoms with Gasteiger partial charge in [-0.2, -0.15) is 4.99 Å². The molecule has 0 aliphatic carbocycles. The summed E-state index contributed by atoms with van der Waals surface area (Å²) in [6.45, 7) is 12.5. The van der Waals surface area contributed by atoms with Crippen molar-refractivity contribution in [3.05, 3.63) is 0 Å². The number of fused-ring (bicyclic) bond motifs is 1. The number of nitrogens with zero attached hydrogens (tertiary/aromatic N) is 4. The summed E-state index contributed by atoms with van der Waals surface area (Å²) < 4.78 is 11.9. The number of hydrogen-bond donors (Lipinski definition) is 0. The minimum absolute atomic E-state index is 0.343. The lowest BCUT2D eigenvalue weighted by molar-refractivity contribution is 0.155. The molecule has 0 aromatic rings. The van der Waals surface area contributed by atoms with E-state index in [4.69, 9.17) is 8.85 Å². The maximum absolute atomic E-state index is 6.10. The van der Waals surface area contributed by atoms with Crippen LogP contribution in [0.15, 0.2) is 20.0 Å². The smallest absolute Gasteiger partial charge is 0.302 e. The van der Waals surface area contributed by atoms with E-state index in [1.165, 1.54) is 6.34 Å². The van der Waals surface area contributed by atoms with Crippen molar-refractivity contribution in [2.45, 2.75) is 45.1 Å². The van der Waals surface area contributed by atoms with Crippen LogP contribution in [-0.2, 0) is 8.85 Å². The second-order valence-corrected chi connectivity index (χ2v) is 15.3. The molecule has 0 spiro atoms. The lowest BCUT2D eigenvalue weighted by Gasteiger charge is -2.32. The number of hydrogen-bond acceptors (Lipinski definition) is 6. The van der Waals surface area contributed by atoms with Gasteiger partial charge in [-0.1, -0.05) is 0 Å². The van der Waals surface area contributed by atoms with Crippen LogP contribution < -0.4 is 0 Å². The molecule has 0 aromatic heterocycles. The molecule has 0 N–H and O–H groups in total. The first-order chi connectivity index (χ1) is 8.60. The van der Waals surface area contributed by atoms with Crippen molar-refractivity contribution in [2.75, 3.05) is 0 Å². The molecule has 0 saturated carbocycles. The Morgan fingerprint density at radius 3 is 2.32 bits per heavy atom. The largest absolute Gasteiger partial charge is 0.518 e. The fourth-order valence-corrected chi connectivity index (χ4v) is 3.35. The predicted molar refractivity (Wildman–Crippen MR) is 83.4 cm³/mol. The second kappa shape index (κ2) is 4.46. The van der Waals surface area contributed by atoms with E-state index in [2.05, 4.69) is 59.3 Å². The highest BCUT2D eigenvalue weighted by atomic mass is 28.4. The Hall–Kier alpha value is -1.13. The van der Waals surface area contributed by atoms with Crippen molar-refractivity contribution in [1.29, 1.82) is 0 Å². The zero-order valence-electron chi connectivity index (χ0n) is 12.3. The Balaban J connectivity index is 2.31. The maximum atomic E-state index is 6.10. The van der Waals surface area contributed by atoms with Gasteiger partial charge in [-0.3, -0.25) is 0 Å². The highest BCUT2D eigenvalue weighted by Gasteiger charge is 2.45. The first kappa shape index (κ1) is 14.3. The zero-order chi connectivity index (χ0) is 14.3. The molecule has 19 heavy (non-hydrogen) atoms. The van der Waals surface area contributed by atoms with Gasteiger partial charge >= 0.3 is 6.02 Å². The third-order valence-corrected chi connectivity index (χ3v) is 3.85. The van der Waals surface area contributed by atoms with E-state index < -0.39 is 22.5 Å². The molecule has 2 rings (SSSR count). The van der Waals surface area contributed by atoms with Crippen LogP contribution in [0.5, 0.6) is 0 Å². The summed E-state index contributed by atoms with van der Waals surface area (Å²) in [7, 11) is -3.60. The molecule has 0 bridgehead atoms. The highest BCUT2D eigenvalue weighted by Crippen LogP contribution is 2.28. The first-order valence-corrected chi connectivity index (χ1v) is 13.1. The molecule has 1 atom stereocenters. The molecule has 8 heteroatoms. The van der Waals surface area contributed by atoms with Crippen LogP contribution in [0.4, 0.5) is 0 Å². The van der Waals surface area contributed by atoms with Crippen molar-refractivity contribution in [3.63, 3.8) is 0 Å². The van der Waals surface area contributed by atoms with Gasteiger partial charge in [0.1, 0.15) is 12.1 Å². The first-order valence-electron chi connectivity index (χ1n) is 6.25. The lowest BCUT2D eigenvalue weighted by atomic mass is 10.2. The van der Waals surface area contributed by atoms with Crippen molar-refractivity contribution in [3.8, 4) is 0 Å². The summed E-state index contributed by atoms with van der Waals surface area (Å²) in [4.78, 5) is 17.1. The molecule has 1 unspecified atom stereocenters. The lowest BCUT2D eigenvalue weighted by Crippen LogP contribution is -2.48. The van der Waals surface area contributed by atoms with Gasteiger partial charge < -0.3 is 8.85 Å². The average Bonchev–Trinajstić information content (AvgIpc) is 2.53. The fraction of sp³-hybridized carbons (Fsp3) is 0.636. The van der Waals surface area contributed by atoms with Crippen molar-refractivity contribution in [1.82, 2.24) is 0 Å². The van der Waals surface area contributed by atoms with Crippen LogP contribution >= 0.6 is 0 Å². The van der Waals surface area contributed by atoms with Crippen molar-refractivity contribution < 1.29 is 8.85 Å². The van der Waals surface area contributed by atoms with E-state index in [0.29, 0.717) is 11.7 Å². The van der Waals surface area contributed by atoms with Crippen LogP contribution in [0.25, 0.3) is 0 Å². The van der Waals surface area contributed by atoms with E-state index in [0.717, 1.165) is 0 Å². The van der Waals surface area contributed by atoms with Crippen LogP contribution in [0, 0.1) is 0 Å². The number of amidine groups is 1. The monoisotopic (exact) mass is 296 g/mol. The van der Waals surface area contributed by atoms with Crippen molar-refractivity contribution >= 4 is 40.9 Å². The summed E-state index contributed by atoms with van der Waals surface area (Å²) in [5.74, 6) is -1.07. The van der Waals surface area contributed by atoms with Gasteiger partial charge in [-0.05, 0) is 39.3 Å². The zero-order valence-corrected chi connectivity index (χ0v) is 14.3. The van der Waals surface area contributed by atoms with Gasteiger partial charge in [0.25, 0.3) is 5.85 Å². The Morgan fingerprint density at radius 1 is 1.05 bits per heavy atom. The molecular weight excluding hydrogens is 276 g/mol. The summed E-state index contributed by atoms with van der Waals surface area (Å²) in [5.41, 5.74) is 0.623. The molecule has 104 valence electrons. The van der Waals surface area contributed by atoms with Crippen LogP contribution in [-0.4, -0.2) is 46.8 Å². The third-order valence-electron chi connectivity index (χ3n) is 2.15. The van der Waals surface area contributed by atoms with Crippen molar-refractivity contribution in [2.24, 2.45) is 20.0 Å². The minimum Gasteiger partial charge on any atom is -0.518 e. The molecule has 0 aromatic carbocycles. The maximum Gasteiger partial charge on any atom is 0.302 e. The summed E-state index contributed by atoms with van der Waals surface area (Å²) in [6, 6.07) is 0.343. The second-order valence-electron chi connectivity index (χ2n) is 6.45. The molecule has 0 fully saturated rings. The Kier molecular flexibility index (Phi) is 3.35. The molecule has 2 aliphatic rings. The quantitative estimate of drug-likeness (QED) is 0.750. The average molecular weight is 296 g/mol. The van der Waals surface area contributed by atoms with E-state index in [1.807, 2.05) is 0 Å². The van der Waals surface area contributed by atoms with Gasteiger partial charge in [-0.25, -0.2) is 15.0 Å². The molecule has 0 saturated heterocycles. The highest BCUT2D eigenvalue weighted by molar-refractivity contribution is 6.71. The molecule has 2 aliphatic heterocycles. The number of aliphatic imine (C=N–C) groups is 4. The number of rotatable bonds is 3. The van der Waals surface area contributed by atoms with Gasteiger partial charge in [0.15, 0.2) is 8.32 Å². The molecular formula is C11H20N4O2Si2. The van der Waals surface area contributed by atoms with E-state index in [-0.39, 0.29) is 0 Å². The van der Waals surface area contributed by atoms with Gasteiger partial charge in [0.05, 0.1) is 6.21 Å². The Morgan fingerprint density at radius 2 is 1.74 bits per heavy atom. The summed E-state index contributed by atoms with van der Waals surface area (Å²) in [6.07, 6.45) is 3.11. The minimum atomic E-state index is -1.84. The van der Waals surface area contributed by atoms with Gasteiger partial charge in [0, 0.05) is 0 Å². The summed E-state index contributed by atoms with van der Waals surface area (Å²) >= 11 is 0. The third kappa shape index (κ3) is 3.45. The van der Waals surface area contributed by atoms with Crippen LogP contribution in [0.1, 0.15) is 0 Å². The van der Waals surface area contributed by atoms with E-state index >= 15 is 0 Å². The Bertz CT molecular complexity index is 500. The van der Waals surface area contributed by atoms with Crippen LogP contribution in [0.3, 0.4) is 0 Å². The summed E-state index contributed by atoms with van der Waals surface area (Å²) in [5, 5.41) is 0. The van der Waals surface area contributed by atoms with E-state index in [9.17, 15) is 0 Å². The fourth-order valence-electron chi connectivity index (χ4n) is 1.65. The topological polar surface area (TPSA) is 67.9 Å². The molecule has 0 radical (unpaired) electrons.